The lowest BCUT2D eigenvalue weighted by molar-refractivity contribution is -0.0131. The number of aromatic carboxylic acids is 2. The minimum atomic E-state index is -1.35. The van der Waals surface area contributed by atoms with Crippen LogP contribution in [0.15, 0.2) is 12.1 Å². The Labute approximate surface area is 235 Å². The molecule has 4 aliphatic rings. The molecule has 5 rings (SSSR count). The largest absolute Gasteiger partial charge is 0.493 e. The molecule has 1 saturated carbocycles. The summed E-state index contributed by atoms with van der Waals surface area (Å²) in [4.78, 5) is 40.4. The fourth-order valence-corrected chi connectivity index (χ4v) is 5.44. The predicted molar refractivity (Wildman–Crippen MR) is 145 cm³/mol. The molecule has 2 fully saturated rings. The lowest BCUT2D eigenvalue weighted by Crippen LogP contribution is -2.52. The van der Waals surface area contributed by atoms with Crippen molar-refractivity contribution in [1.82, 2.24) is 9.80 Å². The molecule has 11 nitrogen and oxygen atoms in total. The first kappa shape index (κ1) is 29.9. The van der Waals surface area contributed by atoms with Crippen molar-refractivity contribution in [2.24, 2.45) is 5.92 Å². The molecule has 40 heavy (non-hydrogen) atoms. The number of carboxylic acids is 2. The first-order valence-corrected chi connectivity index (χ1v) is 14.2. The molecule has 0 radical (unpaired) electrons. The van der Waals surface area contributed by atoms with Gasteiger partial charge in [-0.25, -0.2) is 14.4 Å². The summed E-state index contributed by atoms with van der Waals surface area (Å²) in [6, 6.07) is 3.07. The van der Waals surface area contributed by atoms with Gasteiger partial charge in [-0.15, -0.1) is 0 Å². The lowest BCUT2D eigenvalue weighted by atomic mass is 9.86. The third-order valence-corrected chi connectivity index (χ3v) is 7.63. The highest BCUT2D eigenvalue weighted by atomic mass is 16.6. The molecule has 1 aromatic carbocycles. The zero-order valence-corrected chi connectivity index (χ0v) is 23.7. The van der Waals surface area contributed by atoms with Gasteiger partial charge in [0.05, 0.1) is 18.8 Å². The van der Waals surface area contributed by atoms with Gasteiger partial charge in [0.2, 0.25) is 0 Å². The maximum absolute atomic E-state index is 12.4. The third-order valence-electron chi connectivity index (χ3n) is 7.63. The Kier molecular flexibility index (Phi) is 9.78. The summed E-state index contributed by atoms with van der Waals surface area (Å²) in [6.07, 6.45) is 4.39. The molecule has 3 heterocycles. The normalized spacial score (nSPS) is 23.3. The van der Waals surface area contributed by atoms with E-state index < -0.39 is 17.5 Å². The van der Waals surface area contributed by atoms with Gasteiger partial charge in [-0.1, -0.05) is 0 Å². The van der Waals surface area contributed by atoms with E-state index >= 15 is 0 Å². The monoisotopic (exact) mass is 562 g/mol. The maximum Gasteiger partial charge on any atom is 0.410 e. The zero-order valence-electron chi connectivity index (χ0n) is 23.7. The van der Waals surface area contributed by atoms with Crippen molar-refractivity contribution in [1.29, 1.82) is 0 Å². The average molecular weight is 563 g/mol. The van der Waals surface area contributed by atoms with Gasteiger partial charge in [0.1, 0.15) is 28.8 Å². The number of rotatable bonds is 4. The molecule has 2 N–H and O–H groups in total. The van der Waals surface area contributed by atoms with Crippen molar-refractivity contribution in [3.8, 4) is 11.5 Å². The number of piperidine rings is 1. The summed E-state index contributed by atoms with van der Waals surface area (Å²) >= 11 is 0. The summed E-state index contributed by atoms with van der Waals surface area (Å²) in [5, 5.41) is 19.3. The van der Waals surface area contributed by atoms with E-state index in [0.717, 1.165) is 45.2 Å². The van der Waals surface area contributed by atoms with Gasteiger partial charge in [-0.2, -0.15) is 0 Å². The van der Waals surface area contributed by atoms with Crippen molar-refractivity contribution in [3.05, 3.63) is 23.3 Å². The minimum Gasteiger partial charge on any atom is -0.493 e. The van der Waals surface area contributed by atoms with Gasteiger partial charge in [-0.3, -0.25) is 4.90 Å². The quantitative estimate of drug-likeness (QED) is 0.551. The molecule has 0 unspecified atom stereocenters. The molecule has 1 aliphatic carbocycles. The van der Waals surface area contributed by atoms with E-state index in [2.05, 4.69) is 4.90 Å². The Hall–Kier alpha value is -3.05. The van der Waals surface area contributed by atoms with Crippen LogP contribution in [0.4, 0.5) is 4.79 Å². The van der Waals surface area contributed by atoms with Crippen LogP contribution >= 0.6 is 0 Å². The van der Waals surface area contributed by atoms with Crippen molar-refractivity contribution in [3.63, 3.8) is 0 Å². The second-order valence-electron chi connectivity index (χ2n) is 11.9. The van der Waals surface area contributed by atoms with E-state index in [1.54, 1.807) is 4.90 Å². The fraction of sp³-hybridized carbons (Fsp3) is 0.690. The first-order chi connectivity index (χ1) is 19.0. The Morgan fingerprint density at radius 3 is 2.33 bits per heavy atom. The first-order valence-electron chi connectivity index (χ1n) is 14.2. The molecule has 222 valence electrons. The minimum absolute atomic E-state index is 0.00522. The number of carbonyl (C=O) groups is 3. The van der Waals surface area contributed by atoms with E-state index in [9.17, 15) is 24.6 Å². The highest BCUT2D eigenvalue weighted by molar-refractivity contribution is 6.04. The SMILES string of the molecule is CC(C)(C)OC(=O)N1CCC(CN2CCOCCCCOc3cc(cc(C(=O)O)c3C(=O)O)O[C@H]3C[C@H]2C3)CC1. The molecule has 3 aliphatic heterocycles. The van der Waals surface area contributed by atoms with Crippen molar-refractivity contribution in [2.45, 2.75) is 77.0 Å². The molecule has 4 bridgehead atoms. The molecule has 1 saturated heterocycles. The Bertz CT molecular complexity index is 1060. The van der Waals surface area contributed by atoms with Gasteiger partial charge in [-0.05, 0) is 58.4 Å². The second-order valence-corrected chi connectivity index (χ2v) is 11.9. The number of benzene rings is 1. The molecular formula is C29H42N2O9. The van der Waals surface area contributed by atoms with E-state index in [1.807, 2.05) is 20.8 Å². The van der Waals surface area contributed by atoms with Crippen molar-refractivity contribution in [2.75, 3.05) is 46.0 Å². The van der Waals surface area contributed by atoms with Crippen molar-refractivity contribution < 1.29 is 43.5 Å². The highest BCUT2D eigenvalue weighted by Crippen LogP contribution is 2.35. The summed E-state index contributed by atoms with van der Waals surface area (Å²) in [5.41, 5.74) is -1.22. The van der Waals surface area contributed by atoms with Crippen LogP contribution in [0.1, 0.15) is 80.0 Å². The van der Waals surface area contributed by atoms with Gasteiger partial charge in [0.25, 0.3) is 0 Å². The van der Waals surface area contributed by atoms with Crippen LogP contribution in [0.25, 0.3) is 0 Å². The molecule has 1 aromatic rings. The van der Waals surface area contributed by atoms with Crippen LogP contribution in [-0.4, -0.2) is 102 Å². The number of carboxylic acid groups (broad SMARTS) is 2. The maximum atomic E-state index is 12.4. The molecular weight excluding hydrogens is 520 g/mol. The zero-order chi connectivity index (χ0) is 28.9. The van der Waals surface area contributed by atoms with Crippen LogP contribution in [0.2, 0.25) is 0 Å². The van der Waals surface area contributed by atoms with Crippen LogP contribution in [-0.2, 0) is 9.47 Å². The number of nitrogens with zero attached hydrogens (tertiary/aromatic N) is 2. The number of fused-ring (bicyclic) bond motifs is 8. The molecule has 11 heteroatoms. The van der Waals surface area contributed by atoms with Crippen LogP contribution in [0.5, 0.6) is 11.5 Å². The molecule has 0 spiro atoms. The average Bonchev–Trinajstić information content (AvgIpc) is 2.85. The van der Waals surface area contributed by atoms with E-state index in [-0.39, 0.29) is 35.7 Å². The lowest BCUT2D eigenvalue weighted by Gasteiger charge is -2.45. The fourth-order valence-electron chi connectivity index (χ4n) is 5.44. The Balaban J connectivity index is 1.40. The van der Waals surface area contributed by atoms with E-state index in [1.165, 1.54) is 12.1 Å². The molecule has 1 amide bonds. The second kappa shape index (κ2) is 13.1. The highest BCUT2D eigenvalue weighted by Gasteiger charge is 2.37. The van der Waals surface area contributed by atoms with E-state index in [0.29, 0.717) is 50.4 Å². The number of hydrogen-bond acceptors (Lipinski definition) is 8. The van der Waals surface area contributed by atoms with Crippen LogP contribution in [0.3, 0.4) is 0 Å². The van der Waals surface area contributed by atoms with Gasteiger partial charge in [0.15, 0.2) is 0 Å². The number of amides is 1. The Morgan fingerprint density at radius 2 is 1.68 bits per heavy atom. The molecule has 0 aromatic heterocycles. The summed E-state index contributed by atoms with van der Waals surface area (Å²) in [7, 11) is 0. The Morgan fingerprint density at radius 1 is 0.975 bits per heavy atom. The van der Waals surface area contributed by atoms with Gasteiger partial charge >= 0.3 is 18.0 Å². The number of hydrogen-bond donors (Lipinski definition) is 2. The third kappa shape index (κ3) is 8.00. The van der Waals surface area contributed by atoms with Gasteiger partial charge in [0, 0.05) is 57.7 Å². The van der Waals surface area contributed by atoms with Gasteiger partial charge < -0.3 is 34.1 Å². The molecule has 0 atom stereocenters. The predicted octanol–water partition coefficient (Wildman–Crippen LogP) is 4.13. The number of carbonyl (C=O) groups excluding carboxylic acids is 1. The van der Waals surface area contributed by atoms with Crippen LogP contribution < -0.4 is 9.47 Å². The van der Waals surface area contributed by atoms with E-state index in [4.69, 9.17) is 18.9 Å². The number of ether oxygens (including phenoxy) is 4. The smallest absolute Gasteiger partial charge is 0.410 e. The topological polar surface area (TPSA) is 135 Å². The van der Waals surface area contributed by atoms with Crippen molar-refractivity contribution >= 4 is 18.0 Å². The van der Waals surface area contributed by atoms with Crippen LogP contribution in [0, 0.1) is 5.92 Å². The summed E-state index contributed by atoms with van der Waals surface area (Å²) < 4.78 is 23.3. The summed E-state index contributed by atoms with van der Waals surface area (Å²) in [6.45, 7) is 10.1. The standard InChI is InChI=1S/C29H42N2O9/c1-29(2,3)40-28(36)30-8-6-19(7-9-30)18-31-10-13-37-11-4-5-12-38-24-17-22(39-21-14-20(31)15-21)16-23(26(32)33)25(24)27(34)35/h16-17,19-21H,4-15,18H2,1-3H3,(H,32,33)(H,34,35)/t20-,21-. The number of likely N-dealkylation sites (tertiary alicyclic amines) is 1. The summed E-state index contributed by atoms with van der Waals surface area (Å²) in [5.74, 6) is -1.92.